The Hall–Kier alpha value is -0.740. The highest BCUT2D eigenvalue weighted by Crippen LogP contribution is 2.25. The van der Waals surface area contributed by atoms with E-state index in [2.05, 4.69) is 28.6 Å². The van der Waals surface area contributed by atoms with E-state index in [1.807, 2.05) is 19.1 Å². The Labute approximate surface area is 107 Å². The first-order chi connectivity index (χ1) is 8.22. The summed E-state index contributed by atoms with van der Waals surface area (Å²) in [6.45, 7) is 6.45. The maximum absolute atomic E-state index is 9.23. The highest BCUT2D eigenvalue weighted by Gasteiger charge is 2.20. The molecule has 0 bridgehead atoms. The third kappa shape index (κ3) is 3.13. The van der Waals surface area contributed by atoms with Gasteiger partial charge in [-0.1, -0.05) is 6.92 Å². The van der Waals surface area contributed by atoms with Crippen LogP contribution >= 0.6 is 11.8 Å². The number of rotatable bonds is 3. The van der Waals surface area contributed by atoms with E-state index in [-0.39, 0.29) is 6.61 Å². The van der Waals surface area contributed by atoms with Crippen molar-refractivity contribution < 1.29 is 5.11 Å². The SMILES string of the molecule is CCC1CN(c2cc(CO)cc(C)n2)CCS1. The molecule has 3 nitrogen and oxygen atoms in total. The first-order valence-electron chi connectivity index (χ1n) is 6.18. The quantitative estimate of drug-likeness (QED) is 0.895. The van der Waals surface area contributed by atoms with Gasteiger partial charge >= 0.3 is 0 Å². The van der Waals surface area contributed by atoms with Gasteiger partial charge in [-0.15, -0.1) is 0 Å². The molecular weight excluding hydrogens is 232 g/mol. The van der Waals surface area contributed by atoms with Crippen LogP contribution in [0.15, 0.2) is 12.1 Å². The van der Waals surface area contributed by atoms with Gasteiger partial charge in [-0.05, 0) is 31.0 Å². The minimum atomic E-state index is 0.0934. The van der Waals surface area contributed by atoms with Crippen molar-refractivity contribution in [3.8, 4) is 0 Å². The van der Waals surface area contributed by atoms with Crippen LogP contribution in [0.2, 0.25) is 0 Å². The monoisotopic (exact) mass is 252 g/mol. The van der Waals surface area contributed by atoms with Crippen LogP contribution in [0, 0.1) is 6.92 Å². The zero-order chi connectivity index (χ0) is 12.3. The Balaban J connectivity index is 2.18. The summed E-state index contributed by atoms with van der Waals surface area (Å²) in [5.41, 5.74) is 1.94. The lowest BCUT2D eigenvalue weighted by molar-refractivity contribution is 0.281. The van der Waals surface area contributed by atoms with Gasteiger partial charge in [0.25, 0.3) is 0 Å². The van der Waals surface area contributed by atoms with Crippen molar-refractivity contribution in [2.45, 2.75) is 32.1 Å². The van der Waals surface area contributed by atoms with Gasteiger partial charge in [0.05, 0.1) is 6.61 Å². The first kappa shape index (κ1) is 12.7. The van der Waals surface area contributed by atoms with Crippen LogP contribution in [0.25, 0.3) is 0 Å². The number of hydrogen-bond donors (Lipinski definition) is 1. The molecule has 1 saturated heterocycles. The van der Waals surface area contributed by atoms with Crippen molar-refractivity contribution in [1.29, 1.82) is 0 Å². The van der Waals surface area contributed by atoms with Crippen molar-refractivity contribution in [2.24, 2.45) is 0 Å². The number of aliphatic hydroxyl groups excluding tert-OH is 1. The summed E-state index contributed by atoms with van der Waals surface area (Å²) in [4.78, 5) is 6.92. The lowest BCUT2D eigenvalue weighted by Crippen LogP contribution is -2.38. The number of thioether (sulfide) groups is 1. The van der Waals surface area contributed by atoms with Gasteiger partial charge in [0.15, 0.2) is 0 Å². The van der Waals surface area contributed by atoms with Crippen molar-refractivity contribution in [2.75, 3.05) is 23.7 Å². The minimum absolute atomic E-state index is 0.0934. The number of anilines is 1. The number of nitrogens with zero attached hydrogens (tertiary/aromatic N) is 2. The van der Waals surface area contributed by atoms with E-state index in [1.165, 1.54) is 12.2 Å². The molecule has 0 spiro atoms. The summed E-state index contributed by atoms with van der Waals surface area (Å²) in [5.74, 6) is 2.19. The molecule has 17 heavy (non-hydrogen) atoms. The Morgan fingerprint density at radius 3 is 3.06 bits per heavy atom. The van der Waals surface area contributed by atoms with Crippen LogP contribution in [-0.4, -0.2) is 34.2 Å². The van der Waals surface area contributed by atoms with Crippen molar-refractivity contribution in [1.82, 2.24) is 4.98 Å². The summed E-state index contributed by atoms with van der Waals surface area (Å²) < 4.78 is 0. The molecule has 1 aromatic heterocycles. The Kier molecular flexibility index (Phi) is 4.29. The Bertz CT molecular complexity index is 384. The summed E-state index contributed by atoms with van der Waals surface area (Å²) in [6, 6.07) is 3.95. The largest absolute Gasteiger partial charge is 0.392 e. The van der Waals surface area contributed by atoms with E-state index in [4.69, 9.17) is 0 Å². The first-order valence-corrected chi connectivity index (χ1v) is 7.22. The normalized spacial score (nSPS) is 20.6. The molecule has 4 heteroatoms. The van der Waals surface area contributed by atoms with Crippen LogP contribution in [0.3, 0.4) is 0 Å². The third-order valence-corrected chi connectivity index (χ3v) is 4.47. The molecule has 2 heterocycles. The molecule has 1 atom stereocenters. The van der Waals surface area contributed by atoms with Gasteiger partial charge < -0.3 is 10.0 Å². The molecule has 1 aliphatic heterocycles. The van der Waals surface area contributed by atoms with Crippen LogP contribution in [0.1, 0.15) is 24.6 Å². The number of aromatic nitrogens is 1. The van der Waals surface area contributed by atoms with E-state index in [1.54, 1.807) is 0 Å². The molecule has 0 saturated carbocycles. The fourth-order valence-corrected chi connectivity index (χ4v) is 3.33. The molecule has 0 amide bonds. The standard InChI is InChI=1S/C13H20N2OS/c1-3-12-8-15(4-5-17-12)13-7-11(9-16)6-10(2)14-13/h6-7,12,16H,3-5,8-9H2,1-2H3. The van der Waals surface area contributed by atoms with Gasteiger partial charge in [-0.2, -0.15) is 11.8 Å². The second-order valence-corrected chi connectivity index (χ2v) is 5.89. The second kappa shape index (κ2) is 5.74. The number of hydrogen-bond acceptors (Lipinski definition) is 4. The average molecular weight is 252 g/mol. The molecular formula is C13H20N2OS. The van der Waals surface area contributed by atoms with E-state index < -0.39 is 0 Å². The zero-order valence-electron chi connectivity index (χ0n) is 10.5. The molecule has 0 aliphatic carbocycles. The van der Waals surface area contributed by atoms with Gasteiger partial charge in [0, 0.05) is 29.8 Å². The fourth-order valence-electron chi connectivity index (χ4n) is 2.15. The zero-order valence-corrected chi connectivity index (χ0v) is 11.3. The van der Waals surface area contributed by atoms with E-state index in [0.29, 0.717) is 5.25 Å². The van der Waals surface area contributed by atoms with Gasteiger partial charge in [-0.25, -0.2) is 4.98 Å². The summed E-state index contributed by atoms with van der Waals surface area (Å²) in [5, 5.41) is 9.94. The second-order valence-electron chi connectivity index (χ2n) is 4.48. The summed E-state index contributed by atoms with van der Waals surface area (Å²) >= 11 is 2.06. The highest BCUT2D eigenvalue weighted by atomic mass is 32.2. The van der Waals surface area contributed by atoms with E-state index in [9.17, 15) is 5.11 Å². The molecule has 2 rings (SSSR count). The lowest BCUT2D eigenvalue weighted by Gasteiger charge is -2.33. The van der Waals surface area contributed by atoms with Crippen molar-refractivity contribution in [3.05, 3.63) is 23.4 Å². The van der Waals surface area contributed by atoms with Crippen LogP contribution in [0.5, 0.6) is 0 Å². The molecule has 1 aliphatic rings. The van der Waals surface area contributed by atoms with Crippen LogP contribution in [0.4, 0.5) is 5.82 Å². The predicted octanol–water partition coefficient (Wildman–Crippen LogP) is 2.21. The Morgan fingerprint density at radius 2 is 2.35 bits per heavy atom. The van der Waals surface area contributed by atoms with Crippen LogP contribution < -0.4 is 4.90 Å². The van der Waals surface area contributed by atoms with Gasteiger partial charge in [0.1, 0.15) is 5.82 Å². The Morgan fingerprint density at radius 1 is 1.53 bits per heavy atom. The van der Waals surface area contributed by atoms with E-state index >= 15 is 0 Å². The maximum Gasteiger partial charge on any atom is 0.129 e. The molecule has 1 fully saturated rings. The lowest BCUT2D eigenvalue weighted by atomic mass is 10.2. The summed E-state index contributed by atoms with van der Waals surface area (Å²) in [6.07, 6.45) is 1.21. The van der Waals surface area contributed by atoms with E-state index in [0.717, 1.165) is 30.2 Å². The van der Waals surface area contributed by atoms with Gasteiger partial charge in [0.2, 0.25) is 0 Å². The van der Waals surface area contributed by atoms with Crippen molar-refractivity contribution >= 4 is 17.6 Å². The maximum atomic E-state index is 9.23. The minimum Gasteiger partial charge on any atom is -0.392 e. The molecule has 1 unspecified atom stereocenters. The van der Waals surface area contributed by atoms with Gasteiger partial charge in [-0.3, -0.25) is 0 Å². The smallest absolute Gasteiger partial charge is 0.129 e. The topological polar surface area (TPSA) is 36.4 Å². The molecule has 1 aromatic rings. The van der Waals surface area contributed by atoms with Crippen LogP contribution in [-0.2, 0) is 6.61 Å². The van der Waals surface area contributed by atoms with Crippen molar-refractivity contribution in [3.63, 3.8) is 0 Å². The average Bonchev–Trinajstić information content (AvgIpc) is 2.38. The molecule has 1 N–H and O–H groups in total. The predicted molar refractivity (Wildman–Crippen MR) is 73.6 cm³/mol. The molecule has 94 valence electrons. The number of aryl methyl sites for hydroxylation is 1. The molecule has 0 aromatic carbocycles. The molecule has 0 radical (unpaired) electrons. The number of pyridine rings is 1. The number of aliphatic hydroxyl groups is 1. The third-order valence-electron chi connectivity index (χ3n) is 3.10. The highest BCUT2D eigenvalue weighted by molar-refractivity contribution is 8.00. The summed E-state index contributed by atoms with van der Waals surface area (Å²) in [7, 11) is 0. The fraction of sp³-hybridized carbons (Fsp3) is 0.615.